The SMILES string of the molecule is O=C1OCC2(CCN(C(=O)c3cnc4c(c3)ncn4Cc3ccccc3)CC2)O1. The van der Waals surface area contributed by atoms with Crippen molar-refractivity contribution in [3.8, 4) is 0 Å². The standard InChI is InChI=1S/C21H20N4O4/c26-19(24-8-6-21(7-9-24)13-28-20(27)29-21)16-10-17-18(22-11-16)25(14-23-17)12-15-4-2-1-3-5-15/h1-5,10-11,14H,6-9,12-13H2. The van der Waals surface area contributed by atoms with E-state index < -0.39 is 11.8 Å². The van der Waals surface area contributed by atoms with Crippen LogP contribution in [0.4, 0.5) is 4.79 Å². The Morgan fingerprint density at radius 2 is 1.93 bits per heavy atom. The highest BCUT2D eigenvalue weighted by atomic mass is 16.8. The van der Waals surface area contributed by atoms with Gasteiger partial charge in [-0.15, -0.1) is 0 Å². The van der Waals surface area contributed by atoms with Gasteiger partial charge in [-0.1, -0.05) is 30.3 Å². The molecule has 8 heteroatoms. The molecule has 148 valence electrons. The number of hydrogen-bond acceptors (Lipinski definition) is 6. The number of ether oxygens (including phenoxy) is 2. The van der Waals surface area contributed by atoms with Crippen LogP contribution in [0, 0.1) is 0 Å². The van der Waals surface area contributed by atoms with Crippen LogP contribution in [0.1, 0.15) is 28.8 Å². The lowest BCUT2D eigenvalue weighted by Gasteiger charge is -2.36. The summed E-state index contributed by atoms with van der Waals surface area (Å²) in [5.41, 5.74) is 2.54. The Morgan fingerprint density at radius 3 is 2.66 bits per heavy atom. The van der Waals surface area contributed by atoms with Crippen LogP contribution in [0.5, 0.6) is 0 Å². The van der Waals surface area contributed by atoms with Gasteiger partial charge in [-0.3, -0.25) is 4.79 Å². The molecule has 1 amide bonds. The number of nitrogens with zero attached hydrogens (tertiary/aromatic N) is 4. The molecule has 2 aromatic heterocycles. The molecule has 0 saturated carbocycles. The predicted molar refractivity (Wildman–Crippen MR) is 103 cm³/mol. The molecular weight excluding hydrogens is 372 g/mol. The van der Waals surface area contributed by atoms with Gasteiger partial charge in [0.1, 0.15) is 12.1 Å². The number of aromatic nitrogens is 3. The zero-order chi connectivity index (χ0) is 19.8. The molecule has 0 atom stereocenters. The smallest absolute Gasteiger partial charge is 0.430 e. The molecule has 0 bridgehead atoms. The van der Waals surface area contributed by atoms with Gasteiger partial charge in [-0.05, 0) is 11.6 Å². The van der Waals surface area contributed by atoms with Gasteiger partial charge in [0, 0.05) is 32.1 Å². The van der Waals surface area contributed by atoms with E-state index in [0.717, 1.165) is 11.2 Å². The Hall–Kier alpha value is -3.42. The lowest BCUT2D eigenvalue weighted by molar-refractivity contribution is 0.00281. The second kappa shape index (κ2) is 6.88. The summed E-state index contributed by atoms with van der Waals surface area (Å²) < 4.78 is 12.2. The first-order valence-electron chi connectivity index (χ1n) is 9.62. The zero-order valence-electron chi connectivity index (χ0n) is 15.8. The number of carbonyl (C=O) groups is 2. The minimum absolute atomic E-state index is 0.0860. The number of pyridine rings is 1. The van der Waals surface area contributed by atoms with Crippen LogP contribution in [0.15, 0.2) is 48.9 Å². The average Bonchev–Trinajstić information content (AvgIpc) is 3.32. The maximum absolute atomic E-state index is 12.9. The molecule has 0 radical (unpaired) electrons. The predicted octanol–water partition coefficient (Wildman–Crippen LogP) is 2.62. The number of hydrogen-bond donors (Lipinski definition) is 0. The lowest BCUT2D eigenvalue weighted by atomic mass is 9.92. The van der Waals surface area contributed by atoms with Gasteiger partial charge < -0.3 is 18.9 Å². The first kappa shape index (κ1) is 17.7. The van der Waals surface area contributed by atoms with Gasteiger partial charge in [-0.2, -0.15) is 0 Å². The van der Waals surface area contributed by atoms with Crippen LogP contribution in [0.25, 0.3) is 11.2 Å². The van der Waals surface area contributed by atoms with Gasteiger partial charge in [-0.25, -0.2) is 14.8 Å². The molecule has 0 N–H and O–H groups in total. The third kappa shape index (κ3) is 3.30. The van der Waals surface area contributed by atoms with Crippen LogP contribution in [0.2, 0.25) is 0 Å². The topological polar surface area (TPSA) is 86.5 Å². The van der Waals surface area contributed by atoms with E-state index in [1.165, 1.54) is 0 Å². The molecule has 0 unspecified atom stereocenters. The molecule has 2 fully saturated rings. The average molecular weight is 392 g/mol. The first-order chi connectivity index (χ1) is 14.1. The molecule has 4 heterocycles. The van der Waals surface area contributed by atoms with E-state index in [9.17, 15) is 9.59 Å². The first-order valence-corrected chi connectivity index (χ1v) is 9.62. The maximum Gasteiger partial charge on any atom is 0.509 e. The number of benzene rings is 1. The van der Waals surface area contributed by atoms with Crippen LogP contribution in [0.3, 0.4) is 0 Å². The highest BCUT2D eigenvalue weighted by Gasteiger charge is 2.45. The lowest BCUT2D eigenvalue weighted by Crippen LogP contribution is -2.48. The molecule has 8 nitrogen and oxygen atoms in total. The van der Waals surface area contributed by atoms with Crippen molar-refractivity contribution >= 4 is 23.2 Å². The number of cyclic esters (lactones) is 1. The fourth-order valence-electron chi connectivity index (χ4n) is 3.93. The quantitative estimate of drug-likeness (QED) is 0.637. The summed E-state index contributed by atoms with van der Waals surface area (Å²) in [6.45, 7) is 1.96. The van der Waals surface area contributed by atoms with Gasteiger partial charge >= 0.3 is 6.16 Å². The van der Waals surface area contributed by atoms with Gasteiger partial charge in [0.15, 0.2) is 11.2 Å². The van der Waals surface area contributed by atoms with Crippen LogP contribution < -0.4 is 0 Å². The number of imidazole rings is 1. The summed E-state index contributed by atoms with van der Waals surface area (Å²) >= 11 is 0. The largest absolute Gasteiger partial charge is 0.509 e. The molecular formula is C21H20N4O4. The Morgan fingerprint density at radius 1 is 1.14 bits per heavy atom. The van der Waals surface area contributed by atoms with Gasteiger partial charge in [0.05, 0.1) is 18.4 Å². The molecule has 1 spiro atoms. The van der Waals surface area contributed by atoms with E-state index in [4.69, 9.17) is 9.47 Å². The molecule has 2 aliphatic heterocycles. The zero-order valence-corrected chi connectivity index (χ0v) is 15.8. The van der Waals surface area contributed by atoms with Crippen LogP contribution in [-0.4, -0.2) is 56.8 Å². The summed E-state index contributed by atoms with van der Waals surface area (Å²) in [4.78, 5) is 34.9. The molecule has 2 aliphatic rings. The third-order valence-corrected chi connectivity index (χ3v) is 5.61. The van der Waals surface area contributed by atoms with Crippen LogP contribution in [-0.2, 0) is 16.0 Å². The fourth-order valence-corrected chi connectivity index (χ4v) is 3.93. The molecule has 3 aromatic rings. The molecule has 0 aliphatic carbocycles. The highest BCUT2D eigenvalue weighted by molar-refractivity contribution is 5.96. The van der Waals surface area contributed by atoms with E-state index in [1.807, 2.05) is 22.8 Å². The normalized spacial score (nSPS) is 18.1. The van der Waals surface area contributed by atoms with Gasteiger partial charge in [0.25, 0.3) is 5.91 Å². The minimum atomic E-state index is -0.620. The Labute approximate surface area is 167 Å². The number of carbonyl (C=O) groups excluding carboxylic acids is 2. The van der Waals surface area contributed by atoms with Crippen molar-refractivity contribution in [1.82, 2.24) is 19.4 Å². The van der Waals surface area contributed by atoms with Crippen molar-refractivity contribution in [3.05, 3.63) is 60.0 Å². The molecule has 2 saturated heterocycles. The number of likely N-dealkylation sites (tertiary alicyclic amines) is 1. The number of fused-ring (bicyclic) bond motifs is 1. The molecule has 1 aromatic carbocycles. The van der Waals surface area contributed by atoms with Gasteiger partial charge in [0.2, 0.25) is 0 Å². The maximum atomic E-state index is 12.9. The molecule has 29 heavy (non-hydrogen) atoms. The summed E-state index contributed by atoms with van der Waals surface area (Å²) in [6, 6.07) is 11.9. The van der Waals surface area contributed by atoms with Crippen molar-refractivity contribution in [2.75, 3.05) is 19.7 Å². The fraction of sp³-hybridized carbons (Fsp3) is 0.333. The second-order valence-electron chi connectivity index (χ2n) is 7.54. The van der Waals surface area contributed by atoms with Crippen molar-refractivity contribution in [1.29, 1.82) is 0 Å². The number of piperidine rings is 1. The van der Waals surface area contributed by atoms with E-state index >= 15 is 0 Å². The summed E-state index contributed by atoms with van der Waals surface area (Å²) in [5.74, 6) is -0.0860. The van der Waals surface area contributed by atoms with E-state index in [1.54, 1.807) is 23.5 Å². The monoisotopic (exact) mass is 392 g/mol. The van der Waals surface area contributed by atoms with Crippen molar-refractivity contribution < 1.29 is 19.1 Å². The van der Waals surface area contributed by atoms with E-state index in [0.29, 0.717) is 43.6 Å². The number of amides is 1. The summed E-state index contributed by atoms with van der Waals surface area (Å²) in [7, 11) is 0. The Bertz CT molecular complexity index is 1070. The summed E-state index contributed by atoms with van der Waals surface area (Å²) in [5, 5.41) is 0. The van der Waals surface area contributed by atoms with Crippen molar-refractivity contribution in [2.45, 2.75) is 25.0 Å². The van der Waals surface area contributed by atoms with Crippen LogP contribution >= 0.6 is 0 Å². The summed E-state index contributed by atoms with van der Waals surface area (Å²) in [6.07, 6.45) is 3.89. The van der Waals surface area contributed by atoms with E-state index in [-0.39, 0.29) is 12.5 Å². The third-order valence-electron chi connectivity index (χ3n) is 5.61. The Balaban J connectivity index is 1.31. The van der Waals surface area contributed by atoms with E-state index in [2.05, 4.69) is 22.1 Å². The minimum Gasteiger partial charge on any atom is -0.430 e. The van der Waals surface area contributed by atoms with Crippen molar-refractivity contribution in [3.63, 3.8) is 0 Å². The number of rotatable bonds is 3. The molecule has 5 rings (SSSR count). The van der Waals surface area contributed by atoms with Crippen molar-refractivity contribution in [2.24, 2.45) is 0 Å². The Kier molecular flexibility index (Phi) is 4.19. The second-order valence-corrected chi connectivity index (χ2v) is 7.54. The highest BCUT2D eigenvalue weighted by Crippen LogP contribution is 2.32.